The fourth-order valence-corrected chi connectivity index (χ4v) is 1.94. The molecular formula is C8H11N5S. The Bertz CT molecular complexity index is 430. The van der Waals surface area contributed by atoms with Crippen LogP contribution < -0.4 is 5.73 Å². The number of nitrogens with two attached hydrogens (primary N) is 1. The highest BCUT2D eigenvalue weighted by molar-refractivity contribution is 7.14. The minimum atomic E-state index is -0.0653. The van der Waals surface area contributed by atoms with Crippen molar-refractivity contribution in [1.82, 2.24) is 20.4 Å². The van der Waals surface area contributed by atoms with Crippen molar-refractivity contribution in [1.29, 1.82) is 0 Å². The molecule has 74 valence electrons. The Morgan fingerprint density at radius 2 is 2.29 bits per heavy atom. The summed E-state index contributed by atoms with van der Waals surface area (Å²) in [5, 5.41) is 16.6. The largest absolute Gasteiger partial charge is 0.322 e. The summed E-state index contributed by atoms with van der Waals surface area (Å²) in [6.07, 6.45) is 1.77. The van der Waals surface area contributed by atoms with Crippen LogP contribution in [0.4, 0.5) is 0 Å². The summed E-state index contributed by atoms with van der Waals surface area (Å²) in [5.74, 6) is 0. The van der Waals surface area contributed by atoms with E-state index < -0.39 is 0 Å². The van der Waals surface area contributed by atoms with Crippen molar-refractivity contribution in [2.24, 2.45) is 5.73 Å². The molecule has 3 N–H and O–H groups in total. The first kappa shape index (κ1) is 9.29. The average Bonchev–Trinajstić information content (AvgIpc) is 2.71. The van der Waals surface area contributed by atoms with E-state index in [0.29, 0.717) is 0 Å². The van der Waals surface area contributed by atoms with Gasteiger partial charge in [0.25, 0.3) is 0 Å². The molecule has 0 aliphatic heterocycles. The van der Waals surface area contributed by atoms with Crippen molar-refractivity contribution in [2.75, 3.05) is 0 Å². The first-order valence-corrected chi connectivity index (χ1v) is 5.09. The van der Waals surface area contributed by atoms with E-state index in [0.717, 1.165) is 21.3 Å². The van der Waals surface area contributed by atoms with Crippen LogP contribution in [0.3, 0.4) is 0 Å². The van der Waals surface area contributed by atoms with E-state index in [1.54, 1.807) is 6.20 Å². The van der Waals surface area contributed by atoms with Crippen LogP contribution in [0.1, 0.15) is 23.5 Å². The third kappa shape index (κ3) is 1.53. The number of aryl methyl sites for hydroxylation is 1. The van der Waals surface area contributed by atoms with E-state index >= 15 is 0 Å². The molecule has 0 saturated carbocycles. The zero-order valence-electron chi connectivity index (χ0n) is 7.98. The third-order valence-electron chi connectivity index (χ3n) is 1.87. The minimum Gasteiger partial charge on any atom is -0.322 e. The van der Waals surface area contributed by atoms with Crippen LogP contribution in [0.2, 0.25) is 0 Å². The van der Waals surface area contributed by atoms with Crippen LogP contribution in [0.5, 0.6) is 0 Å². The number of nitrogens with one attached hydrogen (secondary N) is 1. The summed E-state index contributed by atoms with van der Waals surface area (Å²) in [7, 11) is 0. The summed E-state index contributed by atoms with van der Waals surface area (Å²) >= 11 is 1.49. The average molecular weight is 209 g/mol. The predicted octanol–water partition coefficient (Wildman–Crippen LogP) is 1.26. The van der Waals surface area contributed by atoms with Crippen LogP contribution in [-0.2, 0) is 0 Å². The van der Waals surface area contributed by atoms with Crippen molar-refractivity contribution in [3.05, 3.63) is 16.8 Å². The van der Waals surface area contributed by atoms with Crippen LogP contribution in [0.15, 0.2) is 6.20 Å². The summed E-state index contributed by atoms with van der Waals surface area (Å²) < 4.78 is 0. The maximum absolute atomic E-state index is 5.70. The van der Waals surface area contributed by atoms with Gasteiger partial charge in [-0.05, 0) is 19.4 Å². The van der Waals surface area contributed by atoms with E-state index in [2.05, 4.69) is 20.4 Å². The van der Waals surface area contributed by atoms with Crippen LogP contribution in [-0.4, -0.2) is 20.4 Å². The highest BCUT2D eigenvalue weighted by Crippen LogP contribution is 2.26. The SMILES string of the molecule is Cc1cn[nH]c1-c1nnc(C(C)N)s1. The van der Waals surface area contributed by atoms with Crippen LogP contribution >= 0.6 is 11.3 Å². The molecular weight excluding hydrogens is 198 g/mol. The fourth-order valence-electron chi connectivity index (χ4n) is 1.08. The molecule has 2 heterocycles. The minimum absolute atomic E-state index is 0.0653. The Labute approximate surface area is 85.4 Å². The van der Waals surface area contributed by atoms with E-state index in [1.807, 2.05) is 13.8 Å². The summed E-state index contributed by atoms with van der Waals surface area (Å²) in [6.45, 7) is 3.87. The number of hydrogen-bond donors (Lipinski definition) is 2. The maximum atomic E-state index is 5.70. The van der Waals surface area contributed by atoms with Crippen molar-refractivity contribution < 1.29 is 0 Å². The highest BCUT2D eigenvalue weighted by Gasteiger charge is 2.12. The molecule has 14 heavy (non-hydrogen) atoms. The molecule has 1 unspecified atom stereocenters. The van der Waals surface area contributed by atoms with Gasteiger partial charge in [-0.15, -0.1) is 10.2 Å². The monoisotopic (exact) mass is 209 g/mol. The van der Waals surface area contributed by atoms with Crippen molar-refractivity contribution >= 4 is 11.3 Å². The molecule has 0 radical (unpaired) electrons. The first-order chi connectivity index (χ1) is 6.68. The fraction of sp³-hybridized carbons (Fsp3) is 0.375. The van der Waals surface area contributed by atoms with E-state index in [4.69, 9.17) is 5.73 Å². The Hall–Kier alpha value is -1.27. The molecule has 0 aromatic carbocycles. The van der Waals surface area contributed by atoms with Crippen LogP contribution in [0.25, 0.3) is 10.7 Å². The molecule has 2 aromatic heterocycles. The smallest absolute Gasteiger partial charge is 0.166 e. The van der Waals surface area contributed by atoms with Crippen molar-refractivity contribution in [3.63, 3.8) is 0 Å². The number of rotatable bonds is 2. The number of hydrogen-bond acceptors (Lipinski definition) is 5. The maximum Gasteiger partial charge on any atom is 0.166 e. The second-order valence-electron chi connectivity index (χ2n) is 3.16. The predicted molar refractivity (Wildman–Crippen MR) is 54.8 cm³/mol. The molecule has 0 bridgehead atoms. The van der Waals surface area contributed by atoms with Gasteiger partial charge in [0, 0.05) is 0 Å². The van der Waals surface area contributed by atoms with E-state index in [9.17, 15) is 0 Å². The van der Waals surface area contributed by atoms with Crippen molar-refractivity contribution in [2.45, 2.75) is 19.9 Å². The second kappa shape index (κ2) is 3.47. The van der Waals surface area contributed by atoms with Gasteiger partial charge in [-0.3, -0.25) is 5.10 Å². The second-order valence-corrected chi connectivity index (χ2v) is 4.17. The Balaban J connectivity index is 2.39. The zero-order chi connectivity index (χ0) is 10.1. The van der Waals surface area contributed by atoms with Gasteiger partial charge in [0.2, 0.25) is 0 Å². The quantitative estimate of drug-likeness (QED) is 0.780. The molecule has 6 heteroatoms. The van der Waals surface area contributed by atoms with Gasteiger partial charge in [0.1, 0.15) is 5.01 Å². The lowest BCUT2D eigenvalue weighted by molar-refractivity contribution is 0.786. The van der Waals surface area contributed by atoms with Crippen molar-refractivity contribution in [3.8, 4) is 10.7 Å². The third-order valence-corrected chi connectivity index (χ3v) is 3.01. The molecule has 0 aliphatic rings. The molecule has 0 spiro atoms. The van der Waals surface area contributed by atoms with E-state index in [1.165, 1.54) is 11.3 Å². The molecule has 0 saturated heterocycles. The number of H-pyrrole nitrogens is 1. The molecule has 2 rings (SSSR count). The molecule has 5 nitrogen and oxygen atoms in total. The van der Waals surface area contributed by atoms with Gasteiger partial charge in [0.05, 0.1) is 17.9 Å². The standard InChI is InChI=1S/C8H11N5S/c1-4-3-10-11-6(4)8-13-12-7(14-8)5(2)9/h3,5H,9H2,1-2H3,(H,10,11). The Morgan fingerprint density at radius 3 is 2.79 bits per heavy atom. The van der Waals surface area contributed by atoms with Crippen LogP contribution in [0, 0.1) is 6.92 Å². The summed E-state index contributed by atoms with van der Waals surface area (Å²) in [6, 6.07) is -0.0653. The lowest BCUT2D eigenvalue weighted by atomic mass is 10.3. The van der Waals surface area contributed by atoms with Gasteiger partial charge < -0.3 is 5.73 Å². The van der Waals surface area contributed by atoms with Gasteiger partial charge in [-0.25, -0.2) is 0 Å². The van der Waals surface area contributed by atoms with E-state index in [-0.39, 0.29) is 6.04 Å². The number of nitrogens with zero attached hydrogens (tertiary/aromatic N) is 3. The zero-order valence-corrected chi connectivity index (χ0v) is 8.80. The highest BCUT2D eigenvalue weighted by atomic mass is 32.1. The van der Waals surface area contributed by atoms with Gasteiger partial charge in [0.15, 0.2) is 5.01 Å². The molecule has 0 aliphatic carbocycles. The molecule has 1 atom stereocenters. The normalized spacial score (nSPS) is 13.1. The Morgan fingerprint density at radius 1 is 1.50 bits per heavy atom. The van der Waals surface area contributed by atoms with Gasteiger partial charge >= 0.3 is 0 Å². The molecule has 0 fully saturated rings. The summed E-state index contributed by atoms with van der Waals surface area (Å²) in [4.78, 5) is 0. The molecule has 0 amide bonds. The lowest BCUT2D eigenvalue weighted by Gasteiger charge is -1.94. The number of aromatic amines is 1. The number of aromatic nitrogens is 4. The summed E-state index contributed by atoms with van der Waals surface area (Å²) in [5.41, 5.74) is 7.69. The first-order valence-electron chi connectivity index (χ1n) is 4.28. The topological polar surface area (TPSA) is 80.5 Å². The Kier molecular flexibility index (Phi) is 2.30. The van der Waals surface area contributed by atoms with Gasteiger partial charge in [-0.2, -0.15) is 5.10 Å². The lowest BCUT2D eigenvalue weighted by Crippen LogP contribution is -2.03. The van der Waals surface area contributed by atoms with Gasteiger partial charge in [-0.1, -0.05) is 11.3 Å². The molecule has 2 aromatic rings.